The van der Waals surface area contributed by atoms with E-state index in [1.165, 1.54) is 0 Å². The van der Waals surface area contributed by atoms with Crippen molar-refractivity contribution in [2.45, 2.75) is 0 Å². The Morgan fingerprint density at radius 2 is 1.72 bits per heavy atom. The van der Waals surface area contributed by atoms with Gasteiger partial charge in [0.05, 0.1) is 12.8 Å². The average molecular weight is 354 g/mol. The minimum atomic E-state index is -0.348. The maximum absolute atomic E-state index is 12.1. The van der Waals surface area contributed by atoms with Gasteiger partial charge in [0.25, 0.3) is 0 Å². The molecule has 1 aromatic heterocycles. The van der Waals surface area contributed by atoms with Crippen molar-refractivity contribution in [3.63, 3.8) is 0 Å². The Morgan fingerprint density at radius 3 is 2.48 bits per heavy atom. The van der Waals surface area contributed by atoms with Crippen LogP contribution in [0.5, 0.6) is 5.75 Å². The van der Waals surface area contributed by atoms with Crippen LogP contribution in [-0.4, -0.2) is 18.1 Å². The Balaban J connectivity index is 1.75. The van der Waals surface area contributed by atoms with Gasteiger partial charge in [-0.2, -0.15) is 0 Å². The van der Waals surface area contributed by atoms with Crippen molar-refractivity contribution in [3.05, 3.63) is 71.9 Å². The van der Waals surface area contributed by atoms with Crippen LogP contribution in [0.25, 0.3) is 11.3 Å². The Bertz CT molecular complexity index is 882. The van der Waals surface area contributed by atoms with E-state index in [-0.39, 0.29) is 6.03 Å². The molecule has 0 saturated carbocycles. The van der Waals surface area contributed by atoms with Crippen molar-refractivity contribution in [2.24, 2.45) is 0 Å². The molecule has 0 spiro atoms. The van der Waals surface area contributed by atoms with Gasteiger partial charge in [-0.15, -0.1) is 0 Å². The SMILES string of the molecule is COc1ccccc1-c1cc(NC(=O)Nc2ccc(Cl)cc2)ccn1. The number of amides is 2. The molecule has 1 heterocycles. The number of ether oxygens (including phenoxy) is 1. The first-order valence-electron chi connectivity index (χ1n) is 7.59. The van der Waals surface area contributed by atoms with E-state index >= 15 is 0 Å². The Labute approximate surface area is 150 Å². The number of nitrogens with one attached hydrogen (secondary N) is 2. The summed E-state index contributed by atoms with van der Waals surface area (Å²) in [7, 11) is 1.61. The second-order valence-electron chi connectivity index (χ2n) is 5.22. The highest BCUT2D eigenvalue weighted by Crippen LogP contribution is 2.29. The van der Waals surface area contributed by atoms with Crippen molar-refractivity contribution in [1.29, 1.82) is 0 Å². The molecule has 5 nitrogen and oxygen atoms in total. The van der Waals surface area contributed by atoms with Crippen LogP contribution in [0.2, 0.25) is 5.02 Å². The number of para-hydroxylation sites is 1. The van der Waals surface area contributed by atoms with E-state index in [0.717, 1.165) is 11.3 Å². The number of halogens is 1. The van der Waals surface area contributed by atoms with Gasteiger partial charge in [-0.25, -0.2) is 4.79 Å². The molecule has 0 fully saturated rings. The lowest BCUT2D eigenvalue weighted by Gasteiger charge is -2.10. The number of hydrogen-bond donors (Lipinski definition) is 2. The number of methoxy groups -OCH3 is 1. The lowest BCUT2D eigenvalue weighted by atomic mass is 10.1. The smallest absolute Gasteiger partial charge is 0.323 e. The highest BCUT2D eigenvalue weighted by molar-refractivity contribution is 6.30. The summed E-state index contributed by atoms with van der Waals surface area (Å²) >= 11 is 5.83. The topological polar surface area (TPSA) is 63.2 Å². The first-order chi connectivity index (χ1) is 12.2. The molecule has 0 aliphatic rings. The number of anilines is 2. The minimum absolute atomic E-state index is 0.348. The molecule has 0 atom stereocenters. The third-order valence-electron chi connectivity index (χ3n) is 3.50. The van der Waals surface area contributed by atoms with Crippen LogP contribution in [0.15, 0.2) is 66.9 Å². The van der Waals surface area contributed by atoms with Crippen LogP contribution in [-0.2, 0) is 0 Å². The third-order valence-corrected chi connectivity index (χ3v) is 3.75. The molecule has 6 heteroatoms. The van der Waals surface area contributed by atoms with Gasteiger partial charge in [0.15, 0.2) is 0 Å². The van der Waals surface area contributed by atoms with Gasteiger partial charge in [0.1, 0.15) is 5.75 Å². The maximum atomic E-state index is 12.1. The molecule has 0 radical (unpaired) electrons. The first kappa shape index (κ1) is 16.8. The van der Waals surface area contributed by atoms with Crippen molar-refractivity contribution < 1.29 is 9.53 Å². The standard InChI is InChI=1S/C19H16ClN3O2/c1-25-18-5-3-2-4-16(18)17-12-15(10-11-21-17)23-19(24)22-14-8-6-13(20)7-9-14/h2-12H,1H3,(H2,21,22,23,24). The van der Waals surface area contributed by atoms with Crippen molar-refractivity contribution in [1.82, 2.24) is 4.98 Å². The van der Waals surface area contributed by atoms with Crippen molar-refractivity contribution in [2.75, 3.05) is 17.7 Å². The Morgan fingerprint density at radius 1 is 1.00 bits per heavy atom. The number of nitrogens with zero attached hydrogens (tertiary/aromatic N) is 1. The van der Waals surface area contributed by atoms with E-state index in [9.17, 15) is 4.79 Å². The number of pyridine rings is 1. The number of aromatic nitrogens is 1. The van der Waals surface area contributed by atoms with E-state index in [0.29, 0.717) is 22.1 Å². The van der Waals surface area contributed by atoms with Gasteiger partial charge in [-0.05, 0) is 48.5 Å². The highest BCUT2D eigenvalue weighted by Gasteiger charge is 2.08. The quantitative estimate of drug-likeness (QED) is 0.689. The van der Waals surface area contributed by atoms with Gasteiger partial charge < -0.3 is 15.4 Å². The Hall–Kier alpha value is -3.05. The molecule has 2 amide bonds. The number of carbonyl (C=O) groups is 1. The molecular weight excluding hydrogens is 338 g/mol. The molecule has 0 bridgehead atoms. The fourth-order valence-electron chi connectivity index (χ4n) is 2.34. The summed E-state index contributed by atoms with van der Waals surface area (Å²) in [6.07, 6.45) is 1.64. The zero-order valence-electron chi connectivity index (χ0n) is 13.5. The summed E-state index contributed by atoms with van der Waals surface area (Å²) in [5, 5.41) is 6.15. The fraction of sp³-hybridized carbons (Fsp3) is 0.0526. The molecule has 126 valence electrons. The van der Waals surface area contributed by atoms with Crippen LogP contribution in [0, 0.1) is 0 Å². The van der Waals surface area contributed by atoms with Crippen molar-refractivity contribution >= 4 is 29.0 Å². The van der Waals surface area contributed by atoms with Crippen LogP contribution >= 0.6 is 11.6 Å². The van der Waals surface area contributed by atoms with Gasteiger partial charge >= 0.3 is 6.03 Å². The van der Waals surface area contributed by atoms with E-state index in [1.807, 2.05) is 24.3 Å². The molecule has 2 N–H and O–H groups in total. The Kier molecular flexibility index (Phi) is 5.16. The molecule has 0 aliphatic carbocycles. The lowest BCUT2D eigenvalue weighted by molar-refractivity contribution is 0.262. The number of urea groups is 1. The molecule has 0 unspecified atom stereocenters. The van der Waals surface area contributed by atoms with Crippen LogP contribution in [0.4, 0.5) is 16.2 Å². The van der Waals surface area contributed by atoms with E-state index < -0.39 is 0 Å². The summed E-state index contributed by atoms with van der Waals surface area (Å²) in [5.41, 5.74) is 2.84. The molecule has 25 heavy (non-hydrogen) atoms. The number of rotatable bonds is 4. The maximum Gasteiger partial charge on any atom is 0.323 e. The normalized spacial score (nSPS) is 10.2. The van der Waals surface area contributed by atoms with Crippen LogP contribution in [0.3, 0.4) is 0 Å². The van der Waals surface area contributed by atoms with Gasteiger partial charge in [0.2, 0.25) is 0 Å². The molecule has 0 aliphatic heterocycles. The summed E-state index contributed by atoms with van der Waals surface area (Å²) in [4.78, 5) is 16.5. The van der Waals surface area contributed by atoms with Gasteiger partial charge in [-0.1, -0.05) is 23.7 Å². The lowest BCUT2D eigenvalue weighted by Crippen LogP contribution is -2.19. The van der Waals surface area contributed by atoms with Crippen molar-refractivity contribution in [3.8, 4) is 17.0 Å². The number of hydrogen-bond acceptors (Lipinski definition) is 3. The summed E-state index contributed by atoms with van der Waals surface area (Å²) in [6.45, 7) is 0. The number of carbonyl (C=O) groups excluding carboxylic acids is 1. The largest absolute Gasteiger partial charge is 0.496 e. The second kappa shape index (κ2) is 7.68. The van der Waals surface area contributed by atoms with E-state index in [4.69, 9.17) is 16.3 Å². The summed E-state index contributed by atoms with van der Waals surface area (Å²) < 4.78 is 5.36. The molecule has 0 saturated heterocycles. The molecular formula is C19H16ClN3O2. The van der Waals surface area contributed by atoms with Crippen LogP contribution in [0.1, 0.15) is 0 Å². The second-order valence-corrected chi connectivity index (χ2v) is 5.65. The summed E-state index contributed by atoms with van der Waals surface area (Å²) in [5.74, 6) is 0.720. The van der Waals surface area contributed by atoms with Crippen LogP contribution < -0.4 is 15.4 Å². The third kappa shape index (κ3) is 4.28. The first-order valence-corrected chi connectivity index (χ1v) is 7.96. The fourth-order valence-corrected chi connectivity index (χ4v) is 2.46. The van der Waals surface area contributed by atoms with E-state index in [2.05, 4.69) is 15.6 Å². The number of benzene rings is 2. The predicted molar refractivity (Wildman–Crippen MR) is 100 cm³/mol. The monoisotopic (exact) mass is 353 g/mol. The van der Waals surface area contributed by atoms with E-state index in [1.54, 1.807) is 49.7 Å². The average Bonchev–Trinajstić information content (AvgIpc) is 2.64. The zero-order chi connectivity index (χ0) is 17.6. The summed E-state index contributed by atoms with van der Waals surface area (Å²) in [6, 6.07) is 17.6. The highest BCUT2D eigenvalue weighted by atomic mass is 35.5. The zero-order valence-corrected chi connectivity index (χ0v) is 14.2. The molecule has 3 rings (SSSR count). The molecule has 3 aromatic rings. The molecule has 2 aromatic carbocycles. The predicted octanol–water partition coefficient (Wildman–Crippen LogP) is 5.05. The van der Waals surface area contributed by atoms with Gasteiger partial charge in [-0.3, -0.25) is 4.98 Å². The van der Waals surface area contributed by atoms with Gasteiger partial charge in [0, 0.05) is 28.2 Å². The minimum Gasteiger partial charge on any atom is -0.496 e.